The molecule has 3 N–H and O–H groups in total. The molecule has 2 aromatic carbocycles. The lowest BCUT2D eigenvalue weighted by atomic mass is 9.72. The number of pyridine rings is 1. The van der Waals surface area contributed by atoms with Crippen LogP contribution in [-0.4, -0.2) is 45.1 Å². The lowest BCUT2D eigenvalue weighted by molar-refractivity contribution is -0.139. The van der Waals surface area contributed by atoms with Gasteiger partial charge in [0.1, 0.15) is 24.0 Å². The Labute approximate surface area is 228 Å². The van der Waals surface area contributed by atoms with Crippen LogP contribution in [0.3, 0.4) is 0 Å². The molecule has 1 aromatic heterocycles. The summed E-state index contributed by atoms with van der Waals surface area (Å²) in [4.78, 5) is 15.6. The molecule has 0 aliphatic heterocycles. The largest absolute Gasteiger partial charge is 0.493 e. The van der Waals surface area contributed by atoms with Gasteiger partial charge >= 0.3 is 5.97 Å². The first-order chi connectivity index (χ1) is 18.7. The second-order valence-electron chi connectivity index (χ2n) is 10.8. The number of halogens is 3. The van der Waals surface area contributed by atoms with Crippen LogP contribution in [-0.2, 0) is 17.8 Å². The molecule has 0 amide bonds. The fourth-order valence-electron chi connectivity index (χ4n) is 6.03. The number of carbonyl (C=O) groups is 1. The van der Waals surface area contributed by atoms with E-state index in [9.17, 15) is 23.8 Å². The third kappa shape index (κ3) is 4.83. The molecule has 10 heteroatoms. The highest BCUT2D eigenvalue weighted by Crippen LogP contribution is 2.61. The molecule has 3 atom stereocenters. The van der Waals surface area contributed by atoms with Crippen molar-refractivity contribution in [3.63, 3.8) is 0 Å². The van der Waals surface area contributed by atoms with Crippen LogP contribution in [0.25, 0.3) is 11.1 Å². The van der Waals surface area contributed by atoms with Crippen molar-refractivity contribution >= 4 is 17.6 Å². The molecule has 0 unspecified atom stereocenters. The Morgan fingerprint density at radius 2 is 1.90 bits per heavy atom. The third-order valence-electron chi connectivity index (χ3n) is 8.13. The van der Waals surface area contributed by atoms with Crippen LogP contribution < -0.4 is 9.47 Å². The van der Waals surface area contributed by atoms with Gasteiger partial charge in [-0.15, -0.1) is 0 Å². The molecular weight excluding hydrogens is 532 g/mol. The smallest absolute Gasteiger partial charge is 0.307 e. The first-order valence-electron chi connectivity index (χ1n) is 12.7. The van der Waals surface area contributed by atoms with E-state index in [1.165, 1.54) is 6.07 Å². The van der Waals surface area contributed by atoms with Gasteiger partial charge in [-0.2, -0.15) is 0 Å². The molecule has 0 saturated heterocycles. The van der Waals surface area contributed by atoms with E-state index in [1.807, 2.05) is 0 Å². The zero-order valence-electron chi connectivity index (χ0n) is 20.7. The number of rotatable bonds is 9. The topological polar surface area (TPSA) is 109 Å². The number of hydrogen-bond donors (Lipinski definition) is 3. The van der Waals surface area contributed by atoms with E-state index < -0.39 is 23.2 Å². The van der Waals surface area contributed by atoms with Gasteiger partial charge < -0.3 is 24.8 Å². The minimum atomic E-state index is -1.03. The maximum atomic E-state index is 14.8. The van der Waals surface area contributed by atoms with Gasteiger partial charge in [0.05, 0.1) is 29.8 Å². The standard InChI is InChI=1S/C29H26ClF2NO6/c30-22-6-17(38-11-14-8-29(37,9-14)13-34)1-2-18(22)19-4-16(23(31)7-24(19)32)12-39-25-5-15-3-20-26(21(15)10-33-25)27(20)28(35)36/h1-2,4-7,10,14,20,26-27,34,37H,3,8-9,11-13H2,(H,35,36)/t14?,20-,26-,27+,29?/m1/s1. The number of hydrogen-bond acceptors (Lipinski definition) is 6. The van der Waals surface area contributed by atoms with Crippen molar-refractivity contribution in [1.82, 2.24) is 4.98 Å². The molecule has 3 aliphatic carbocycles. The summed E-state index contributed by atoms with van der Waals surface area (Å²) in [5.74, 6) is -1.69. The number of ether oxygens (including phenoxy) is 2. The lowest BCUT2D eigenvalue weighted by Crippen LogP contribution is -2.48. The van der Waals surface area contributed by atoms with Crippen molar-refractivity contribution < 1.29 is 38.4 Å². The van der Waals surface area contributed by atoms with Crippen LogP contribution in [0, 0.1) is 29.4 Å². The van der Waals surface area contributed by atoms with E-state index in [0.29, 0.717) is 37.2 Å². The van der Waals surface area contributed by atoms with Gasteiger partial charge in [-0.1, -0.05) is 11.6 Å². The van der Waals surface area contributed by atoms with Crippen LogP contribution in [0.5, 0.6) is 11.6 Å². The summed E-state index contributed by atoms with van der Waals surface area (Å²) in [5, 5.41) is 28.6. The average Bonchev–Trinajstić information content (AvgIpc) is 3.48. The predicted octanol–water partition coefficient (Wildman–Crippen LogP) is 4.74. The van der Waals surface area contributed by atoms with Crippen molar-refractivity contribution in [2.45, 2.75) is 37.4 Å². The zero-order valence-corrected chi connectivity index (χ0v) is 21.5. The van der Waals surface area contributed by atoms with Crippen LogP contribution in [0.4, 0.5) is 8.78 Å². The average molecular weight is 558 g/mol. The molecular formula is C29H26ClF2NO6. The summed E-state index contributed by atoms with van der Waals surface area (Å²) in [6.07, 6.45) is 3.18. The first kappa shape index (κ1) is 26.0. The molecule has 3 aliphatic rings. The molecule has 204 valence electrons. The number of aliphatic hydroxyl groups excluding tert-OH is 1. The molecule has 3 aromatic rings. The number of aliphatic carboxylic acids is 1. The summed E-state index contributed by atoms with van der Waals surface area (Å²) in [6, 6.07) is 8.71. The normalized spacial score (nSPS) is 26.4. The minimum absolute atomic E-state index is 0.00200. The van der Waals surface area contributed by atoms with Crippen LogP contribution in [0.15, 0.2) is 42.6 Å². The number of aromatic nitrogens is 1. The second-order valence-corrected chi connectivity index (χ2v) is 11.2. The fraction of sp³-hybridized carbons (Fsp3) is 0.379. The van der Waals surface area contributed by atoms with Gasteiger partial charge in [0.2, 0.25) is 5.88 Å². The van der Waals surface area contributed by atoms with Crippen molar-refractivity contribution in [3.8, 4) is 22.8 Å². The predicted molar refractivity (Wildman–Crippen MR) is 137 cm³/mol. The van der Waals surface area contributed by atoms with Crippen LogP contribution >= 0.6 is 11.6 Å². The Morgan fingerprint density at radius 1 is 1.10 bits per heavy atom. The summed E-state index contributed by atoms with van der Waals surface area (Å²) in [6.45, 7) is -0.113. The number of fused-ring (bicyclic) bond motifs is 3. The van der Waals surface area contributed by atoms with Crippen molar-refractivity contribution in [1.29, 1.82) is 0 Å². The molecule has 0 radical (unpaired) electrons. The number of benzene rings is 2. The van der Waals surface area contributed by atoms with Crippen molar-refractivity contribution in [3.05, 3.63) is 75.9 Å². The van der Waals surface area contributed by atoms with E-state index in [1.54, 1.807) is 30.5 Å². The second kappa shape index (κ2) is 9.73. The van der Waals surface area contributed by atoms with E-state index in [-0.39, 0.29) is 58.9 Å². The quantitative estimate of drug-likeness (QED) is 0.349. The maximum Gasteiger partial charge on any atom is 0.307 e. The van der Waals surface area contributed by atoms with Crippen molar-refractivity contribution in [2.24, 2.45) is 17.8 Å². The van der Waals surface area contributed by atoms with Gasteiger partial charge in [-0.3, -0.25) is 4.79 Å². The van der Waals surface area contributed by atoms with E-state index in [0.717, 1.165) is 17.2 Å². The van der Waals surface area contributed by atoms with Gasteiger partial charge in [0, 0.05) is 40.9 Å². The van der Waals surface area contributed by atoms with Crippen LogP contribution in [0.2, 0.25) is 5.02 Å². The van der Waals surface area contributed by atoms with E-state index in [4.69, 9.17) is 26.2 Å². The molecule has 0 bridgehead atoms. The Hall–Kier alpha value is -3.27. The summed E-state index contributed by atoms with van der Waals surface area (Å²) in [7, 11) is 0. The highest BCUT2D eigenvalue weighted by atomic mass is 35.5. The third-order valence-corrected chi connectivity index (χ3v) is 8.44. The maximum absolute atomic E-state index is 14.8. The minimum Gasteiger partial charge on any atom is -0.493 e. The van der Waals surface area contributed by atoms with Crippen LogP contribution in [0.1, 0.15) is 35.4 Å². The Morgan fingerprint density at radius 3 is 2.62 bits per heavy atom. The molecule has 7 nitrogen and oxygen atoms in total. The SMILES string of the molecule is O=C(O)[C@H]1[C@@H]2Cc3cc(OCc4cc(-c5ccc(OCC6CC(O)(CO)C6)cc5Cl)c(F)cc4F)ncc3[C@@H]21. The first-order valence-corrected chi connectivity index (χ1v) is 13.1. The molecule has 6 rings (SSSR count). The Kier molecular flexibility index (Phi) is 6.48. The van der Waals surface area contributed by atoms with E-state index >= 15 is 0 Å². The highest BCUT2D eigenvalue weighted by molar-refractivity contribution is 6.33. The monoisotopic (exact) mass is 557 g/mol. The zero-order chi connectivity index (χ0) is 27.5. The van der Waals surface area contributed by atoms with Gasteiger partial charge in [-0.25, -0.2) is 13.8 Å². The molecule has 2 fully saturated rings. The highest BCUT2D eigenvalue weighted by Gasteiger charge is 2.60. The molecule has 2 saturated carbocycles. The van der Waals surface area contributed by atoms with Gasteiger partial charge in [0.25, 0.3) is 0 Å². The molecule has 1 heterocycles. The van der Waals surface area contributed by atoms with Gasteiger partial charge in [0.15, 0.2) is 0 Å². The Balaban J connectivity index is 1.13. The lowest BCUT2D eigenvalue weighted by Gasteiger charge is -2.42. The molecule has 39 heavy (non-hydrogen) atoms. The number of carboxylic acids is 1. The fourth-order valence-corrected chi connectivity index (χ4v) is 6.30. The van der Waals surface area contributed by atoms with Gasteiger partial charge in [-0.05, 0) is 66.5 Å². The van der Waals surface area contributed by atoms with Crippen molar-refractivity contribution in [2.75, 3.05) is 13.2 Å². The summed E-state index contributed by atoms with van der Waals surface area (Å²) in [5.41, 5.74) is 1.49. The summed E-state index contributed by atoms with van der Waals surface area (Å²) < 4.78 is 40.9. The number of nitrogens with zero attached hydrogens (tertiary/aromatic N) is 1. The van der Waals surface area contributed by atoms with E-state index in [2.05, 4.69) is 4.98 Å². The summed E-state index contributed by atoms with van der Waals surface area (Å²) >= 11 is 6.44. The Bertz CT molecular complexity index is 1460. The number of aliphatic hydroxyl groups is 2. The molecule has 0 spiro atoms. The number of carboxylic acid groups (broad SMARTS) is 1.